The third-order valence-electron chi connectivity index (χ3n) is 2.57. The molecule has 1 aliphatic rings. The van der Waals surface area contributed by atoms with Gasteiger partial charge in [0.1, 0.15) is 0 Å². The van der Waals surface area contributed by atoms with Crippen molar-refractivity contribution in [3.05, 3.63) is 28.8 Å². The Labute approximate surface area is 95.8 Å². The summed E-state index contributed by atoms with van der Waals surface area (Å²) in [7, 11) is 0. The molecule has 1 heterocycles. The number of benzene rings is 1. The molecule has 1 fully saturated rings. The maximum atomic E-state index is 12.5. The molecule has 88 valence electrons. The highest BCUT2D eigenvalue weighted by atomic mass is 35.5. The van der Waals surface area contributed by atoms with E-state index >= 15 is 0 Å². The van der Waals surface area contributed by atoms with Gasteiger partial charge in [-0.15, -0.1) is 0 Å². The molecule has 1 unspecified atom stereocenters. The Bertz CT molecular complexity index is 406. The predicted molar refractivity (Wildman–Crippen MR) is 56.6 cm³/mol. The Hall–Kier alpha value is -0.940. The minimum atomic E-state index is -4.34. The molecular weight excluding hydrogens is 241 g/mol. The van der Waals surface area contributed by atoms with Crippen LogP contribution in [0.5, 0.6) is 0 Å². The van der Waals surface area contributed by atoms with Gasteiger partial charge in [0, 0.05) is 13.1 Å². The summed E-state index contributed by atoms with van der Waals surface area (Å²) in [4.78, 5) is 1.76. The van der Waals surface area contributed by atoms with Gasteiger partial charge in [-0.3, -0.25) is 0 Å². The summed E-state index contributed by atoms with van der Waals surface area (Å²) in [6, 6.07) is 3.43. The van der Waals surface area contributed by atoms with Gasteiger partial charge in [-0.05, 0) is 18.2 Å². The second kappa shape index (κ2) is 3.82. The quantitative estimate of drug-likeness (QED) is 0.817. The van der Waals surface area contributed by atoms with Crippen LogP contribution >= 0.6 is 11.6 Å². The summed E-state index contributed by atoms with van der Waals surface area (Å²) in [5, 5.41) is 0.323. The first-order valence-corrected chi connectivity index (χ1v) is 5.14. The summed E-state index contributed by atoms with van der Waals surface area (Å²) in [6.45, 7) is 1.09. The van der Waals surface area contributed by atoms with E-state index in [1.54, 1.807) is 4.90 Å². The fourth-order valence-electron chi connectivity index (χ4n) is 1.59. The number of halogens is 4. The second-order valence-electron chi connectivity index (χ2n) is 3.71. The van der Waals surface area contributed by atoms with E-state index in [1.165, 1.54) is 6.07 Å². The molecule has 6 heteroatoms. The number of hydrogen-bond acceptors (Lipinski definition) is 2. The van der Waals surface area contributed by atoms with Crippen LogP contribution in [0.15, 0.2) is 18.2 Å². The molecule has 1 saturated heterocycles. The maximum Gasteiger partial charge on any atom is 0.416 e. The Morgan fingerprint density at radius 1 is 1.44 bits per heavy atom. The van der Waals surface area contributed by atoms with E-state index in [0.717, 1.165) is 12.1 Å². The van der Waals surface area contributed by atoms with Crippen molar-refractivity contribution in [2.45, 2.75) is 12.2 Å². The van der Waals surface area contributed by atoms with Crippen LogP contribution in [0.2, 0.25) is 5.02 Å². The fourth-order valence-corrected chi connectivity index (χ4v) is 1.81. The normalized spacial score (nSPS) is 20.1. The summed E-state index contributed by atoms with van der Waals surface area (Å²) in [5.41, 5.74) is 5.15. The van der Waals surface area contributed by atoms with E-state index in [1.807, 2.05) is 0 Å². The molecule has 1 aromatic carbocycles. The Morgan fingerprint density at radius 3 is 2.62 bits per heavy atom. The van der Waals surface area contributed by atoms with Gasteiger partial charge in [-0.25, -0.2) is 0 Å². The minimum absolute atomic E-state index is 0.112. The van der Waals surface area contributed by atoms with Gasteiger partial charge < -0.3 is 10.6 Å². The lowest BCUT2D eigenvalue weighted by molar-refractivity contribution is -0.137. The lowest BCUT2D eigenvalue weighted by atomic mass is 10.2. The van der Waals surface area contributed by atoms with Crippen molar-refractivity contribution in [1.82, 2.24) is 0 Å². The smallest absolute Gasteiger partial charge is 0.362 e. The molecule has 1 atom stereocenters. The van der Waals surface area contributed by atoms with Crippen LogP contribution in [0, 0.1) is 0 Å². The molecular formula is C10H10ClF3N2. The number of nitrogens with zero attached hydrogens (tertiary/aromatic N) is 1. The zero-order chi connectivity index (χ0) is 11.9. The predicted octanol–water partition coefficient (Wildman–Crippen LogP) is 2.51. The van der Waals surface area contributed by atoms with Crippen LogP contribution in [0.1, 0.15) is 5.56 Å². The van der Waals surface area contributed by atoms with E-state index in [-0.39, 0.29) is 6.04 Å². The Morgan fingerprint density at radius 2 is 2.12 bits per heavy atom. The SMILES string of the molecule is NCC1CN1c1cc(C(F)(F)F)ccc1Cl. The summed E-state index contributed by atoms with van der Waals surface area (Å²) in [5.74, 6) is 0. The molecule has 16 heavy (non-hydrogen) atoms. The highest BCUT2D eigenvalue weighted by molar-refractivity contribution is 6.33. The monoisotopic (exact) mass is 250 g/mol. The highest BCUT2D eigenvalue weighted by Gasteiger charge is 2.37. The van der Waals surface area contributed by atoms with Crippen molar-refractivity contribution in [3.8, 4) is 0 Å². The highest BCUT2D eigenvalue weighted by Crippen LogP contribution is 2.38. The molecule has 0 saturated carbocycles. The van der Waals surface area contributed by atoms with Crippen LogP contribution < -0.4 is 10.6 Å². The lowest BCUT2D eigenvalue weighted by Gasteiger charge is -2.12. The Kier molecular flexibility index (Phi) is 2.75. The Balaban J connectivity index is 2.31. The van der Waals surface area contributed by atoms with Crippen molar-refractivity contribution in [2.24, 2.45) is 5.73 Å². The van der Waals surface area contributed by atoms with Crippen molar-refractivity contribution in [3.63, 3.8) is 0 Å². The average Bonchev–Trinajstić information content (AvgIpc) is 2.95. The van der Waals surface area contributed by atoms with Crippen LogP contribution in [-0.2, 0) is 6.18 Å². The van der Waals surface area contributed by atoms with Gasteiger partial charge in [0.2, 0.25) is 0 Å². The second-order valence-corrected chi connectivity index (χ2v) is 4.11. The van der Waals surface area contributed by atoms with Gasteiger partial charge >= 0.3 is 6.18 Å². The standard InChI is InChI=1S/C10H10ClF3N2/c11-8-2-1-6(10(12,13)14)3-9(8)16-5-7(16)4-15/h1-3,7H,4-5,15H2. The third kappa shape index (κ3) is 2.10. The number of rotatable bonds is 2. The number of nitrogens with two attached hydrogens (primary N) is 1. The molecule has 0 aliphatic carbocycles. The summed E-state index contributed by atoms with van der Waals surface area (Å²) >= 11 is 5.85. The first-order chi connectivity index (χ1) is 7.43. The third-order valence-corrected chi connectivity index (χ3v) is 2.89. The van der Waals surface area contributed by atoms with E-state index in [2.05, 4.69) is 0 Å². The van der Waals surface area contributed by atoms with Gasteiger partial charge in [0.05, 0.1) is 22.3 Å². The lowest BCUT2D eigenvalue weighted by Crippen LogP contribution is -2.13. The van der Waals surface area contributed by atoms with Gasteiger partial charge in [-0.2, -0.15) is 13.2 Å². The van der Waals surface area contributed by atoms with Gasteiger partial charge in [-0.1, -0.05) is 11.6 Å². The van der Waals surface area contributed by atoms with Crippen molar-refractivity contribution < 1.29 is 13.2 Å². The van der Waals surface area contributed by atoms with E-state index in [9.17, 15) is 13.2 Å². The zero-order valence-corrected chi connectivity index (χ0v) is 9.02. The van der Waals surface area contributed by atoms with Crippen LogP contribution in [0.3, 0.4) is 0 Å². The summed E-state index contributed by atoms with van der Waals surface area (Å²) < 4.78 is 37.4. The molecule has 2 N–H and O–H groups in total. The van der Waals surface area contributed by atoms with Crippen molar-refractivity contribution >= 4 is 17.3 Å². The molecule has 1 aromatic rings. The number of hydrogen-bond donors (Lipinski definition) is 1. The number of alkyl halides is 3. The molecule has 0 aromatic heterocycles. The maximum absolute atomic E-state index is 12.5. The molecule has 0 bridgehead atoms. The fraction of sp³-hybridized carbons (Fsp3) is 0.400. The molecule has 0 amide bonds. The molecule has 0 radical (unpaired) electrons. The largest absolute Gasteiger partial charge is 0.416 e. The van der Waals surface area contributed by atoms with Crippen LogP contribution in [0.4, 0.5) is 18.9 Å². The van der Waals surface area contributed by atoms with E-state index in [4.69, 9.17) is 17.3 Å². The zero-order valence-electron chi connectivity index (χ0n) is 8.26. The van der Waals surface area contributed by atoms with Gasteiger partial charge in [0.15, 0.2) is 0 Å². The van der Waals surface area contributed by atoms with Crippen LogP contribution in [0.25, 0.3) is 0 Å². The molecule has 1 aliphatic heterocycles. The first kappa shape index (κ1) is 11.5. The van der Waals surface area contributed by atoms with Crippen molar-refractivity contribution in [2.75, 3.05) is 18.0 Å². The van der Waals surface area contributed by atoms with E-state index < -0.39 is 11.7 Å². The van der Waals surface area contributed by atoms with E-state index in [0.29, 0.717) is 23.8 Å². The molecule has 0 spiro atoms. The first-order valence-electron chi connectivity index (χ1n) is 4.77. The average molecular weight is 251 g/mol. The van der Waals surface area contributed by atoms with Gasteiger partial charge in [0.25, 0.3) is 0 Å². The van der Waals surface area contributed by atoms with Crippen LogP contribution in [-0.4, -0.2) is 19.1 Å². The number of anilines is 1. The minimum Gasteiger partial charge on any atom is -0.362 e. The summed E-state index contributed by atoms with van der Waals surface area (Å²) in [6.07, 6.45) is -4.34. The van der Waals surface area contributed by atoms with Crippen molar-refractivity contribution in [1.29, 1.82) is 0 Å². The molecule has 2 nitrogen and oxygen atoms in total. The molecule has 2 rings (SSSR count). The topological polar surface area (TPSA) is 29.0 Å².